The van der Waals surface area contributed by atoms with Crippen LogP contribution in [0.2, 0.25) is 0 Å². The number of oxazole rings is 1. The lowest BCUT2D eigenvalue weighted by atomic mass is 9.96. The number of aryl methyl sites for hydroxylation is 1. The van der Waals surface area contributed by atoms with E-state index in [1.54, 1.807) is 32.0 Å². The lowest BCUT2D eigenvalue weighted by molar-refractivity contribution is 0.0705. The van der Waals surface area contributed by atoms with Gasteiger partial charge in [-0.05, 0) is 38.0 Å². The second kappa shape index (κ2) is 7.27. The quantitative estimate of drug-likeness (QED) is 0.845. The Labute approximate surface area is 151 Å². The van der Waals surface area contributed by atoms with E-state index in [9.17, 15) is 14.0 Å². The Morgan fingerprint density at radius 3 is 2.58 bits per heavy atom. The highest BCUT2D eigenvalue weighted by atomic mass is 19.1. The average molecular weight is 359 g/mol. The summed E-state index contributed by atoms with van der Waals surface area (Å²) in [4.78, 5) is 32.2. The third-order valence-electron chi connectivity index (χ3n) is 4.62. The first-order valence-corrected chi connectivity index (χ1v) is 8.60. The Hall–Kier alpha value is -2.70. The molecule has 0 unspecified atom stereocenters. The molecule has 1 aliphatic heterocycles. The summed E-state index contributed by atoms with van der Waals surface area (Å²) in [6.45, 7) is 2.81. The Kier molecular flexibility index (Phi) is 5.06. The van der Waals surface area contributed by atoms with Gasteiger partial charge in [-0.2, -0.15) is 0 Å². The predicted molar refractivity (Wildman–Crippen MR) is 93.5 cm³/mol. The van der Waals surface area contributed by atoms with E-state index in [1.165, 1.54) is 23.1 Å². The monoisotopic (exact) mass is 359 g/mol. The fourth-order valence-electron chi connectivity index (χ4n) is 3.14. The number of carbonyl (C=O) groups excluding carboxylic acids is 2. The number of nitrogens with zero attached hydrogens (tertiary/aromatic N) is 3. The number of carbonyl (C=O) groups is 2. The minimum atomic E-state index is -0.418. The average Bonchev–Trinajstić information content (AvgIpc) is 3.02. The number of benzene rings is 1. The van der Waals surface area contributed by atoms with E-state index in [4.69, 9.17) is 4.42 Å². The molecular formula is C19H22FN3O3. The topological polar surface area (TPSA) is 66.7 Å². The number of aromatic nitrogens is 1. The summed E-state index contributed by atoms with van der Waals surface area (Å²) in [6.07, 6.45) is 1.38. The molecule has 0 N–H and O–H groups in total. The van der Waals surface area contributed by atoms with Crippen LogP contribution in [0.15, 0.2) is 28.7 Å². The van der Waals surface area contributed by atoms with Gasteiger partial charge in [-0.15, -0.1) is 0 Å². The molecule has 0 radical (unpaired) electrons. The van der Waals surface area contributed by atoms with E-state index in [0.717, 1.165) is 0 Å². The first-order chi connectivity index (χ1) is 12.4. The van der Waals surface area contributed by atoms with Crippen LogP contribution in [0.4, 0.5) is 4.39 Å². The predicted octanol–water partition coefficient (Wildman–Crippen LogP) is 2.84. The fourth-order valence-corrected chi connectivity index (χ4v) is 3.14. The van der Waals surface area contributed by atoms with E-state index >= 15 is 0 Å². The Morgan fingerprint density at radius 2 is 1.96 bits per heavy atom. The van der Waals surface area contributed by atoms with Crippen LogP contribution in [-0.4, -0.2) is 53.8 Å². The molecule has 0 bridgehead atoms. The zero-order valence-corrected chi connectivity index (χ0v) is 15.2. The van der Waals surface area contributed by atoms with E-state index in [2.05, 4.69) is 4.98 Å². The van der Waals surface area contributed by atoms with Gasteiger partial charge >= 0.3 is 0 Å². The van der Waals surface area contributed by atoms with E-state index < -0.39 is 5.82 Å². The molecule has 138 valence electrons. The smallest absolute Gasteiger partial charge is 0.275 e. The van der Waals surface area contributed by atoms with Gasteiger partial charge < -0.3 is 14.2 Å². The fraction of sp³-hybridized carbons (Fsp3) is 0.421. The number of halogens is 1. The van der Waals surface area contributed by atoms with Crippen molar-refractivity contribution in [3.05, 3.63) is 53.0 Å². The van der Waals surface area contributed by atoms with Crippen LogP contribution in [0, 0.1) is 12.7 Å². The second-order valence-corrected chi connectivity index (χ2v) is 6.73. The molecule has 1 aromatic carbocycles. The van der Waals surface area contributed by atoms with Gasteiger partial charge in [0, 0.05) is 38.7 Å². The van der Waals surface area contributed by atoms with Gasteiger partial charge in [0.1, 0.15) is 11.6 Å². The van der Waals surface area contributed by atoms with Crippen molar-refractivity contribution in [2.75, 3.05) is 27.2 Å². The highest BCUT2D eigenvalue weighted by Gasteiger charge is 2.29. The molecule has 0 aliphatic carbocycles. The van der Waals surface area contributed by atoms with Crippen molar-refractivity contribution >= 4 is 11.8 Å². The lowest BCUT2D eigenvalue weighted by Crippen LogP contribution is -2.38. The zero-order chi connectivity index (χ0) is 18.8. The minimum Gasteiger partial charge on any atom is -0.445 e. The number of likely N-dealkylation sites (tertiary alicyclic amines) is 1. The van der Waals surface area contributed by atoms with Gasteiger partial charge in [0.05, 0.1) is 0 Å². The number of rotatable bonds is 3. The van der Waals surface area contributed by atoms with E-state index in [-0.39, 0.29) is 17.7 Å². The second-order valence-electron chi connectivity index (χ2n) is 6.73. The summed E-state index contributed by atoms with van der Waals surface area (Å²) >= 11 is 0. The molecule has 1 aliphatic rings. The summed E-state index contributed by atoms with van der Waals surface area (Å²) in [5, 5.41) is 0. The molecule has 2 heterocycles. The largest absolute Gasteiger partial charge is 0.445 e. The zero-order valence-electron chi connectivity index (χ0n) is 15.2. The molecule has 26 heavy (non-hydrogen) atoms. The molecule has 1 fully saturated rings. The van der Waals surface area contributed by atoms with Gasteiger partial charge in [-0.1, -0.05) is 6.07 Å². The van der Waals surface area contributed by atoms with Gasteiger partial charge in [0.15, 0.2) is 11.6 Å². The molecule has 3 rings (SSSR count). The summed E-state index contributed by atoms with van der Waals surface area (Å²) in [5.41, 5.74) is 0.692. The maximum Gasteiger partial charge on any atom is 0.275 e. The van der Waals surface area contributed by atoms with Crippen LogP contribution in [-0.2, 0) is 0 Å². The Bertz CT molecular complexity index is 823. The summed E-state index contributed by atoms with van der Waals surface area (Å²) in [5.74, 6) is 0.349. The first kappa shape index (κ1) is 18.1. The minimum absolute atomic E-state index is 0.0639. The number of hydrogen-bond acceptors (Lipinski definition) is 4. The van der Waals surface area contributed by atoms with Crippen molar-refractivity contribution < 1.29 is 18.4 Å². The summed E-state index contributed by atoms with van der Waals surface area (Å²) in [7, 11) is 3.35. The van der Waals surface area contributed by atoms with Crippen molar-refractivity contribution in [1.82, 2.24) is 14.8 Å². The highest BCUT2D eigenvalue weighted by molar-refractivity contribution is 5.94. The molecule has 1 aromatic heterocycles. The molecule has 2 aromatic rings. The highest BCUT2D eigenvalue weighted by Crippen LogP contribution is 2.29. The van der Waals surface area contributed by atoms with Crippen LogP contribution >= 0.6 is 0 Å². The van der Waals surface area contributed by atoms with E-state index in [1.807, 2.05) is 0 Å². The number of amides is 2. The third-order valence-corrected chi connectivity index (χ3v) is 4.62. The molecule has 6 nitrogen and oxygen atoms in total. The third kappa shape index (κ3) is 3.61. The van der Waals surface area contributed by atoms with Crippen molar-refractivity contribution in [3.63, 3.8) is 0 Å². The van der Waals surface area contributed by atoms with Crippen molar-refractivity contribution in [2.45, 2.75) is 25.7 Å². The number of piperidine rings is 1. The van der Waals surface area contributed by atoms with E-state index in [0.29, 0.717) is 48.8 Å². The summed E-state index contributed by atoms with van der Waals surface area (Å²) < 4.78 is 19.0. The van der Waals surface area contributed by atoms with Crippen molar-refractivity contribution in [2.24, 2.45) is 0 Å². The SMILES string of the molecule is Cc1oc(C2CCN(C(=O)c3cccc(F)c3)CC2)nc1C(=O)N(C)C. The summed E-state index contributed by atoms with van der Waals surface area (Å²) in [6, 6.07) is 5.73. The molecule has 1 saturated heterocycles. The Morgan fingerprint density at radius 1 is 1.27 bits per heavy atom. The maximum atomic E-state index is 13.3. The molecular weight excluding hydrogens is 337 g/mol. The normalized spacial score (nSPS) is 15.2. The van der Waals surface area contributed by atoms with Crippen molar-refractivity contribution in [3.8, 4) is 0 Å². The lowest BCUT2D eigenvalue weighted by Gasteiger charge is -2.30. The molecule has 7 heteroatoms. The van der Waals surface area contributed by atoms with Crippen LogP contribution in [0.1, 0.15) is 51.3 Å². The van der Waals surface area contributed by atoms with Gasteiger partial charge in [-0.25, -0.2) is 9.37 Å². The molecule has 0 spiro atoms. The standard InChI is InChI=1S/C19H22FN3O3/c1-12-16(19(25)22(2)3)21-17(26-12)13-7-9-23(10-8-13)18(24)14-5-4-6-15(20)11-14/h4-6,11,13H,7-10H2,1-3H3. The molecule has 0 saturated carbocycles. The Balaban J connectivity index is 1.66. The van der Waals surface area contributed by atoms with Gasteiger partial charge in [0.25, 0.3) is 11.8 Å². The van der Waals surface area contributed by atoms with Crippen molar-refractivity contribution in [1.29, 1.82) is 0 Å². The van der Waals surface area contributed by atoms with Crippen LogP contribution < -0.4 is 0 Å². The van der Waals surface area contributed by atoms with Crippen LogP contribution in [0.5, 0.6) is 0 Å². The van der Waals surface area contributed by atoms with Gasteiger partial charge in [-0.3, -0.25) is 9.59 Å². The first-order valence-electron chi connectivity index (χ1n) is 8.60. The van der Waals surface area contributed by atoms with Crippen LogP contribution in [0.25, 0.3) is 0 Å². The molecule has 2 amide bonds. The van der Waals surface area contributed by atoms with Crippen LogP contribution in [0.3, 0.4) is 0 Å². The molecule has 0 atom stereocenters. The van der Waals surface area contributed by atoms with Gasteiger partial charge in [0.2, 0.25) is 0 Å². The maximum absolute atomic E-state index is 13.3. The number of hydrogen-bond donors (Lipinski definition) is 0.